The van der Waals surface area contributed by atoms with Crippen LogP contribution in [0.3, 0.4) is 0 Å². The van der Waals surface area contributed by atoms with Crippen LogP contribution in [0.1, 0.15) is 21.1 Å². The molecule has 0 saturated carbocycles. The molecule has 0 aromatic carbocycles. The van der Waals surface area contributed by atoms with Crippen LogP contribution in [0.2, 0.25) is 0 Å². The van der Waals surface area contributed by atoms with Gasteiger partial charge in [0.2, 0.25) is 5.13 Å². The van der Waals surface area contributed by atoms with Crippen LogP contribution in [-0.2, 0) is 5.75 Å². The van der Waals surface area contributed by atoms with Gasteiger partial charge in [0.15, 0.2) is 10.0 Å². The van der Waals surface area contributed by atoms with Crippen molar-refractivity contribution in [3.05, 3.63) is 39.8 Å². The molecule has 9 heteroatoms. The van der Waals surface area contributed by atoms with Gasteiger partial charge in [0.1, 0.15) is 0 Å². The summed E-state index contributed by atoms with van der Waals surface area (Å²) < 4.78 is 0.830. The number of hydrogen-bond donors (Lipinski definition) is 2. The minimum atomic E-state index is -0.287. The van der Waals surface area contributed by atoms with E-state index in [1.54, 1.807) is 29.2 Å². The lowest BCUT2D eigenvalue weighted by atomic mass is 10.3. The number of nitrogens with zero attached hydrogens (tertiary/aromatic N) is 3. The summed E-state index contributed by atoms with van der Waals surface area (Å²) in [6.45, 7) is 1.84. The Hall–Kier alpha value is -1.71. The van der Waals surface area contributed by atoms with Crippen LogP contribution in [-0.4, -0.2) is 26.3 Å². The van der Waals surface area contributed by atoms with Crippen molar-refractivity contribution < 1.29 is 4.79 Å². The summed E-state index contributed by atoms with van der Waals surface area (Å²) in [5, 5.41) is 19.9. The molecule has 0 radical (unpaired) electrons. The summed E-state index contributed by atoms with van der Waals surface area (Å²) in [5.41, 5.74) is 1.18. The number of anilines is 1. The number of nitrogens with one attached hydrogen (secondary N) is 2. The molecule has 0 bridgehead atoms. The first-order chi connectivity index (χ1) is 10.2. The van der Waals surface area contributed by atoms with E-state index in [0.29, 0.717) is 10.8 Å². The fraction of sp³-hybridized carbons (Fsp3) is 0.167. The molecule has 3 rings (SSSR count). The smallest absolute Gasteiger partial charge is 0.277 e. The highest BCUT2D eigenvalue weighted by Gasteiger charge is 2.13. The van der Waals surface area contributed by atoms with Crippen molar-refractivity contribution in [3.8, 4) is 0 Å². The van der Waals surface area contributed by atoms with Crippen LogP contribution in [0, 0.1) is 6.92 Å². The number of thiophene rings is 1. The van der Waals surface area contributed by atoms with Crippen LogP contribution in [0.15, 0.2) is 27.9 Å². The molecule has 0 aliphatic rings. The molecular weight excluding hydrogens is 326 g/mol. The molecule has 0 aliphatic heterocycles. The number of H-pyrrole nitrogens is 1. The van der Waals surface area contributed by atoms with Gasteiger partial charge >= 0.3 is 0 Å². The molecular formula is C12H11N5OS3. The number of rotatable bonds is 5. The van der Waals surface area contributed by atoms with Gasteiger partial charge in [-0.15, -0.1) is 21.5 Å². The third kappa shape index (κ3) is 3.69. The van der Waals surface area contributed by atoms with Gasteiger partial charge in [0, 0.05) is 16.3 Å². The fourth-order valence-electron chi connectivity index (χ4n) is 1.54. The second-order valence-corrected chi connectivity index (χ2v) is 7.36. The Balaban J connectivity index is 1.58. The Labute approximate surface area is 133 Å². The van der Waals surface area contributed by atoms with Gasteiger partial charge in [0.05, 0.1) is 0 Å². The van der Waals surface area contributed by atoms with Crippen LogP contribution < -0.4 is 5.32 Å². The maximum absolute atomic E-state index is 11.9. The van der Waals surface area contributed by atoms with E-state index < -0.39 is 0 Å². The normalized spacial score (nSPS) is 10.7. The van der Waals surface area contributed by atoms with Gasteiger partial charge in [-0.3, -0.25) is 15.2 Å². The third-order valence-corrected chi connectivity index (χ3v) is 5.56. The average Bonchev–Trinajstić information content (AvgIpc) is 3.17. The predicted octanol–water partition coefficient (Wildman–Crippen LogP) is 3.18. The zero-order valence-electron chi connectivity index (χ0n) is 11.0. The maximum Gasteiger partial charge on any atom is 0.277 e. The van der Waals surface area contributed by atoms with E-state index in [2.05, 4.69) is 31.8 Å². The minimum absolute atomic E-state index is 0.287. The van der Waals surface area contributed by atoms with Crippen LogP contribution >= 0.6 is 34.4 Å². The molecule has 0 spiro atoms. The number of carbonyl (C=O) groups is 1. The van der Waals surface area contributed by atoms with Gasteiger partial charge in [-0.25, -0.2) is 0 Å². The van der Waals surface area contributed by atoms with E-state index in [-0.39, 0.29) is 5.91 Å². The van der Waals surface area contributed by atoms with Crippen LogP contribution in [0.5, 0.6) is 0 Å². The molecule has 2 N–H and O–H groups in total. The lowest BCUT2D eigenvalue weighted by Crippen LogP contribution is -2.12. The molecule has 21 heavy (non-hydrogen) atoms. The van der Waals surface area contributed by atoms with Crippen molar-refractivity contribution >= 4 is 45.5 Å². The second-order valence-electron chi connectivity index (χ2n) is 4.13. The molecule has 0 aliphatic carbocycles. The van der Waals surface area contributed by atoms with E-state index >= 15 is 0 Å². The second kappa shape index (κ2) is 6.37. The third-order valence-electron chi connectivity index (χ3n) is 2.48. The first-order valence-electron chi connectivity index (χ1n) is 6.03. The van der Waals surface area contributed by atoms with Crippen molar-refractivity contribution in [2.75, 3.05) is 5.32 Å². The van der Waals surface area contributed by atoms with E-state index in [9.17, 15) is 4.79 Å². The van der Waals surface area contributed by atoms with Gasteiger partial charge in [-0.05, 0) is 24.4 Å². The Morgan fingerprint density at radius 2 is 2.38 bits per heavy atom. The average molecular weight is 337 g/mol. The highest BCUT2D eigenvalue weighted by Crippen LogP contribution is 2.29. The number of thioether (sulfide) groups is 1. The Bertz CT molecular complexity index is 734. The van der Waals surface area contributed by atoms with Crippen molar-refractivity contribution in [2.24, 2.45) is 0 Å². The van der Waals surface area contributed by atoms with Crippen molar-refractivity contribution in [2.45, 2.75) is 17.0 Å². The molecule has 0 atom stereocenters. The SMILES string of the molecule is Cc1cc(C(=O)Nc2nnc(SCc3cccs3)s2)n[nH]1. The number of aryl methyl sites for hydroxylation is 1. The van der Waals surface area contributed by atoms with Crippen molar-refractivity contribution in [3.63, 3.8) is 0 Å². The minimum Gasteiger partial charge on any atom is -0.295 e. The monoisotopic (exact) mass is 337 g/mol. The summed E-state index contributed by atoms with van der Waals surface area (Å²) >= 11 is 4.68. The van der Waals surface area contributed by atoms with E-state index in [0.717, 1.165) is 15.8 Å². The zero-order valence-corrected chi connectivity index (χ0v) is 13.4. The summed E-state index contributed by atoms with van der Waals surface area (Å²) in [6, 6.07) is 5.79. The molecule has 1 amide bonds. The Morgan fingerprint density at radius 3 is 3.10 bits per heavy atom. The maximum atomic E-state index is 11.9. The summed E-state index contributed by atoms with van der Waals surface area (Å²) in [5.74, 6) is 0.573. The summed E-state index contributed by atoms with van der Waals surface area (Å²) in [6.07, 6.45) is 0. The first-order valence-corrected chi connectivity index (χ1v) is 8.71. The molecule has 3 heterocycles. The van der Waals surface area contributed by atoms with E-state index in [4.69, 9.17) is 0 Å². The molecule has 0 unspecified atom stereocenters. The van der Waals surface area contributed by atoms with Gasteiger partial charge in [-0.2, -0.15) is 5.10 Å². The largest absolute Gasteiger partial charge is 0.295 e. The Kier molecular flexibility index (Phi) is 4.32. The Morgan fingerprint density at radius 1 is 1.48 bits per heavy atom. The zero-order chi connectivity index (χ0) is 14.7. The fourth-order valence-corrected chi connectivity index (χ4v) is 4.06. The first kappa shape index (κ1) is 14.2. The van der Waals surface area contributed by atoms with Gasteiger partial charge in [0.25, 0.3) is 5.91 Å². The number of amides is 1. The van der Waals surface area contributed by atoms with E-state index in [1.807, 2.05) is 18.4 Å². The van der Waals surface area contributed by atoms with Crippen LogP contribution in [0.4, 0.5) is 5.13 Å². The molecule has 3 aromatic rings. The predicted molar refractivity (Wildman–Crippen MR) is 85.1 cm³/mol. The highest BCUT2D eigenvalue weighted by molar-refractivity contribution is 8.00. The molecule has 3 aromatic heterocycles. The summed E-state index contributed by atoms with van der Waals surface area (Å²) in [4.78, 5) is 13.2. The molecule has 0 fully saturated rings. The molecule has 6 nitrogen and oxygen atoms in total. The summed E-state index contributed by atoms with van der Waals surface area (Å²) in [7, 11) is 0. The molecule has 0 saturated heterocycles. The lowest BCUT2D eigenvalue weighted by Gasteiger charge is -1.95. The molecule has 108 valence electrons. The lowest BCUT2D eigenvalue weighted by molar-refractivity contribution is 0.102. The van der Waals surface area contributed by atoms with Gasteiger partial charge in [-0.1, -0.05) is 29.2 Å². The highest BCUT2D eigenvalue weighted by atomic mass is 32.2. The standard InChI is InChI=1S/C12H11N5OS3/c1-7-5-9(15-14-7)10(18)13-11-16-17-12(21-11)20-6-8-3-2-4-19-8/h2-5H,6H2,1H3,(H,14,15)(H,13,16,18). The number of hydrogen-bond acceptors (Lipinski definition) is 7. The topological polar surface area (TPSA) is 83.6 Å². The number of aromatic amines is 1. The quantitative estimate of drug-likeness (QED) is 0.552. The van der Waals surface area contributed by atoms with Gasteiger partial charge < -0.3 is 0 Å². The van der Waals surface area contributed by atoms with Crippen molar-refractivity contribution in [1.29, 1.82) is 0 Å². The van der Waals surface area contributed by atoms with Crippen molar-refractivity contribution in [1.82, 2.24) is 20.4 Å². The number of aromatic nitrogens is 4. The van der Waals surface area contributed by atoms with Crippen LogP contribution in [0.25, 0.3) is 0 Å². The van der Waals surface area contributed by atoms with E-state index in [1.165, 1.54) is 16.2 Å². The number of carbonyl (C=O) groups excluding carboxylic acids is 1.